The molecular formula is C37H53N9O10S. The second-order valence-corrected chi connectivity index (χ2v) is 16.1. The minimum absolute atomic E-state index is 0.178. The second kappa shape index (κ2) is 20.8. The molecule has 0 saturated carbocycles. The molecule has 2 aliphatic heterocycles. The Morgan fingerprint density at radius 3 is 1.81 bits per heavy atom. The first kappa shape index (κ1) is 43.7. The van der Waals surface area contributed by atoms with Crippen molar-refractivity contribution in [2.75, 3.05) is 78.6 Å². The van der Waals surface area contributed by atoms with Crippen LogP contribution in [0.1, 0.15) is 35.8 Å². The van der Waals surface area contributed by atoms with E-state index in [4.69, 9.17) is 0 Å². The lowest BCUT2D eigenvalue weighted by molar-refractivity contribution is -0.140. The Labute approximate surface area is 333 Å². The lowest BCUT2D eigenvalue weighted by Gasteiger charge is -2.33. The van der Waals surface area contributed by atoms with Crippen LogP contribution in [0.5, 0.6) is 0 Å². The van der Waals surface area contributed by atoms with Crippen LogP contribution in [0.25, 0.3) is 11.3 Å². The van der Waals surface area contributed by atoms with Crippen molar-refractivity contribution in [2.24, 2.45) is 0 Å². The molecule has 0 bridgehead atoms. The van der Waals surface area contributed by atoms with E-state index in [1.54, 1.807) is 26.3 Å². The molecule has 3 atom stereocenters. The van der Waals surface area contributed by atoms with Crippen LogP contribution in [0, 0.1) is 6.92 Å². The number of carbonyl (C=O) groups is 3. The fourth-order valence-electron chi connectivity index (χ4n) is 7.12. The number of thioether (sulfide) groups is 1. The highest BCUT2D eigenvalue weighted by Crippen LogP contribution is 2.40. The number of unbranched alkanes of at least 4 members (excludes halogenated alkanes) is 1. The third-order valence-electron chi connectivity index (χ3n) is 10.3. The maximum atomic E-state index is 13.3. The van der Waals surface area contributed by atoms with E-state index in [9.17, 15) is 49.5 Å². The number of aliphatic hydroxyl groups is 2. The highest BCUT2D eigenvalue weighted by atomic mass is 32.2. The van der Waals surface area contributed by atoms with Crippen molar-refractivity contribution >= 4 is 29.7 Å². The van der Waals surface area contributed by atoms with Gasteiger partial charge in [0, 0.05) is 95.7 Å². The molecule has 0 amide bonds. The summed E-state index contributed by atoms with van der Waals surface area (Å²) < 4.78 is 4.44. The van der Waals surface area contributed by atoms with Gasteiger partial charge in [-0.15, -0.1) is 16.9 Å². The first-order valence-electron chi connectivity index (χ1n) is 19.1. The van der Waals surface area contributed by atoms with E-state index in [0.29, 0.717) is 96.0 Å². The van der Waals surface area contributed by atoms with Crippen molar-refractivity contribution in [3.05, 3.63) is 68.6 Å². The van der Waals surface area contributed by atoms with E-state index >= 15 is 0 Å². The molecule has 2 fully saturated rings. The van der Waals surface area contributed by atoms with Crippen molar-refractivity contribution < 1.29 is 39.9 Å². The molecule has 0 spiro atoms. The van der Waals surface area contributed by atoms with Gasteiger partial charge < -0.3 is 25.5 Å². The Hall–Kier alpha value is -4.44. The zero-order valence-corrected chi connectivity index (χ0v) is 33.0. The van der Waals surface area contributed by atoms with Crippen LogP contribution in [0.2, 0.25) is 0 Å². The normalized spacial score (nSPS) is 20.9. The summed E-state index contributed by atoms with van der Waals surface area (Å²) in [6.45, 7) is 5.48. The standard InChI is InChI=1S/C37H53N9O10S/c1-26-19-46(32-18-30(48)31(25-47)57-32)37(56)45(36(26)55)9-3-2-8-44-21-29(38-39-44)28-6-4-27(5-7-28)20-40-10-12-41(22-33(49)50)14-16-43(24-35(53)54)17-15-42(13-11-40)23-34(51)52/h4-7,19,21,30-32,47-48H,2-3,8-18,20,22-25H2,1H3,(H,49,50)(H,51,52)(H,53,54)/t30?,31-,32?/m1/s1. The van der Waals surface area contributed by atoms with Crippen LogP contribution < -0.4 is 11.2 Å². The van der Waals surface area contributed by atoms with Gasteiger partial charge in [-0.05, 0) is 25.3 Å². The van der Waals surface area contributed by atoms with Crippen molar-refractivity contribution in [3.63, 3.8) is 0 Å². The molecule has 0 aliphatic carbocycles. The van der Waals surface area contributed by atoms with Gasteiger partial charge in [0.1, 0.15) is 5.69 Å². The van der Waals surface area contributed by atoms with E-state index in [1.165, 1.54) is 27.1 Å². The second-order valence-electron chi connectivity index (χ2n) is 14.6. The highest BCUT2D eigenvalue weighted by Gasteiger charge is 2.35. The Morgan fingerprint density at radius 1 is 0.772 bits per heavy atom. The number of hydrogen-bond acceptors (Lipinski definition) is 14. The lowest BCUT2D eigenvalue weighted by Crippen LogP contribution is -2.48. The lowest BCUT2D eigenvalue weighted by atomic mass is 10.1. The predicted octanol–water partition coefficient (Wildman–Crippen LogP) is -0.610. The van der Waals surface area contributed by atoms with Crippen molar-refractivity contribution in [3.8, 4) is 11.3 Å². The van der Waals surface area contributed by atoms with Gasteiger partial charge in [-0.1, -0.05) is 29.5 Å². The summed E-state index contributed by atoms with van der Waals surface area (Å²) in [5.74, 6) is -2.94. The molecule has 57 heavy (non-hydrogen) atoms. The summed E-state index contributed by atoms with van der Waals surface area (Å²) in [6, 6.07) is 7.87. The van der Waals surface area contributed by atoms with Gasteiger partial charge in [0.25, 0.3) is 5.56 Å². The van der Waals surface area contributed by atoms with Gasteiger partial charge in [0.05, 0.1) is 49.2 Å². The Kier molecular flexibility index (Phi) is 16.0. The number of hydrogen-bond donors (Lipinski definition) is 5. The summed E-state index contributed by atoms with van der Waals surface area (Å²) in [4.78, 5) is 68.3. The average molecular weight is 816 g/mol. The zero-order chi connectivity index (χ0) is 41.1. The van der Waals surface area contributed by atoms with Gasteiger partial charge in [0.15, 0.2) is 0 Å². The molecule has 19 nitrogen and oxygen atoms in total. The van der Waals surface area contributed by atoms with E-state index in [2.05, 4.69) is 15.2 Å². The van der Waals surface area contributed by atoms with Crippen LogP contribution in [0.4, 0.5) is 0 Å². The Balaban J connectivity index is 1.17. The van der Waals surface area contributed by atoms with Crippen LogP contribution in [0.3, 0.4) is 0 Å². The molecule has 1 aromatic carbocycles. The van der Waals surface area contributed by atoms with Gasteiger partial charge in [-0.25, -0.2) is 4.79 Å². The minimum atomic E-state index is -1.00. The van der Waals surface area contributed by atoms with E-state index in [1.807, 2.05) is 30.5 Å². The number of aliphatic carboxylic acids is 3. The van der Waals surface area contributed by atoms with Crippen LogP contribution in [-0.4, -0.2) is 177 Å². The fourth-order valence-corrected chi connectivity index (χ4v) is 8.49. The molecule has 0 radical (unpaired) electrons. The minimum Gasteiger partial charge on any atom is -0.480 e. The van der Waals surface area contributed by atoms with Crippen LogP contribution in [0.15, 0.2) is 46.2 Å². The van der Waals surface area contributed by atoms with Crippen LogP contribution >= 0.6 is 11.8 Å². The van der Waals surface area contributed by atoms with E-state index < -0.39 is 29.7 Å². The molecule has 20 heteroatoms. The number of rotatable bonds is 16. The molecule has 3 aromatic rings. The molecule has 2 saturated heterocycles. The van der Waals surface area contributed by atoms with Crippen LogP contribution in [-0.2, 0) is 34.0 Å². The molecule has 2 aliphatic rings. The quantitative estimate of drug-likeness (QED) is 0.113. The highest BCUT2D eigenvalue weighted by molar-refractivity contribution is 8.00. The van der Waals surface area contributed by atoms with E-state index in [-0.39, 0.29) is 49.0 Å². The summed E-state index contributed by atoms with van der Waals surface area (Å²) in [5, 5.41) is 56.0. The maximum Gasteiger partial charge on any atom is 0.331 e. The summed E-state index contributed by atoms with van der Waals surface area (Å²) in [7, 11) is 0. The topological polar surface area (TPSA) is 240 Å². The first-order valence-corrected chi connectivity index (χ1v) is 20.0. The van der Waals surface area contributed by atoms with E-state index in [0.717, 1.165) is 11.1 Å². The molecular weight excluding hydrogens is 763 g/mol. The molecule has 5 rings (SSSR count). The number of aryl methyl sites for hydroxylation is 2. The summed E-state index contributed by atoms with van der Waals surface area (Å²) in [6.07, 6.45) is 4.13. The first-order chi connectivity index (χ1) is 27.3. The Bertz CT molecular complexity index is 1910. The largest absolute Gasteiger partial charge is 0.480 e. The Morgan fingerprint density at radius 2 is 1.30 bits per heavy atom. The number of aliphatic hydroxyl groups excluding tert-OH is 2. The average Bonchev–Trinajstić information content (AvgIpc) is 3.79. The molecule has 312 valence electrons. The zero-order valence-electron chi connectivity index (χ0n) is 32.1. The van der Waals surface area contributed by atoms with Gasteiger partial charge in [-0.2, -0.15) is 0 Å². The smallest absolute Gasteiger partial charge is 0.331 e. The molecule has 2 aromatic heterocycles. The summed E-state index contributed by atoms with van der Waals surface area (Å²) >= 11 is 1.33. The number of aromatic nitrogens is 5. The van der Waals surface area contributed by atoms with Gasteiger partial charge >= 0.3 is 23.6 Å². The maximum absolute atomic E-state index is 13.3. The van der Waals surface area contributed by atoms with Crippen molar-refractivity contribution in [1.82, 2.24) is 43.7 Å². The molecule has 4 heterocycles. The van der Waals surface area contributed by atoms with Gasteiger partial charge in [0.2, 0.25) is 0 Å². The molecule has 5 N–H and O–H groups in total. The number of nitrogens with zero attached hydrogens (tertiary/aromatic N) is 9. The van der Waals surface area contributed by atoms with Crippen molar-refractivity contribution in [1.29, 1.82) is 0 Å². The third-order valence-corrected chi connectivity index (χ3v) is 11.8. The summed E-state index contributed by atoms with van der Waals surface area (Å²) in [5.41, 5.74) is 2.18. The monoisotopic (exact) mass is 815 g/mol. The number of carboxylic acid groups (broad SMARTS) is 3. The molecule has 2 unspecified atom stereocenters. The predicted molar refractivity (Wildman–Crippen MR) is 210 cm³/mol. The van der Waals surface area contributed by atoms with Crippen molar-refractivity contribution in [2.45, 2.75) is 62.5 Å². The SMILES string of the molecule is Cc1cn(C2CC(O)[C@@H](CO)S2)c(=O)n(CCCCn2cc(-c3ccc(CN4CCN(CC(=O)O)CCN(CC(=O)O)CCN(CC(=O)O)CC4)cc3)nn2)c1=O. The third kappa shape index (κ3) is 12.8. The number of carboxylic acids is 3. The fraction of sp³-hybridized carbons (Fsp3) is 0.595. The number of benzene rings is 1. The van der Waals surface area contributed by atoms with Gasteiger partial charge in [-0.3, -0.25) is 52.6 Å².